The van der Waals surface area contributed by atoms with Gasteiger partial charge >= 0.3 is 0 Å². The number of hydrogen-bond donors (Lipinski definition) is 1. The molecule has 0 saturated carbocycles. The Balaban J connectivity index is 1.44. The first-order valence-corrected chi connectivity index (χ1v) is 12.7. The first-order chi connectivity index (χ1) is 18.6. The Morgan fingerprint density at radius 3 is 2.47 bits per heavy atom. The smallest absolute Gasteiger partial charge is 0.220 e. The second kappa shape index (κ2) is 11.7. The Labute approximate surface area is 221 Å². The van der Waals surface area contributed by atoms with Crippen LogP contribution >= 0.6 is 0 Å². The van der Waals surface area contributed by atoms with E-state index in [0.29, 0.717) is 25.9 Å². The number of pyridine rings is 1. The molecule has 192 valence electrons. The Morgan fingerprint density at radius 2 is 1.74 bits per heavy atom. The number of ether oxygens (including phenoxy) is 1. The predicted molar refractivity (Wildman–Crippen MR) is 148 cm³/mol. The predicted octanol–water partition coefficient (Wildman–Crippen LogP) is 6.11. The fourth-order valence-electron chi connectivity index (χ4n) is 4.85. The molecule has 0 aliphatic carbocycles. The van der Waals surface area contributed by atoms with Crippen molar-refractivity contribution in [2.75, 3.05) is 13.7 Å². The number of carbonyl (C=O) groups excluding carboxylic acids is 1. The Morgan fingerprint density at radius 1 is 0.974 bits per heavy atom. The zero-order chi connectivity index (χ0) is 26.3. The normalized spacial score (nSPS) is 11.8. The molecule has 0 unspecified atom stereocenters. The highest BCUT2D eigenvalue weighted by atomic mass is 19.1. The molecule has 0 saturated heterocycles. The average molecular weight is 508 g/mol. The van der Waals surface area contributed by atoms with Crippen LogP contribution in [-0.2, 0) is 17.8 Å². The zero-order valence-electron chi connectivity index (χ0n) is 21.3. The molecule has 5 aromatic rings. The number of aromatic nitrogens is 2. The Hall–Kier alpha value is -4.45. The highest BCUT2D eigenvalue weighted by Crippen LogP contribution is 2.35. The number of benzene rings is 3. The summed E-state index contributed by atoms with van der Waals surface area (Å²) in [5.74, 6) is 0.346. The van der Waals surface area contributed by atoms with Crippen LogP contribution in [-0.4, -0.2) is 29.1 Å². The number of para-hydroxylation sites is 1. The fourth-order valence-corrected chi connectivity index (χ4v) is 4.85. The number of fused-ring (bicyclic) bond motifs is 1. The molecule has 6 heteroatoms. The van der Waals surface area contributed by atoms with Crippen molar-refractivity contribution in [2.24, 2.45) is 0 Å². The maximum atomic E-state index is 13.5. The van der Waals surface area contributed by atoms with Gasteiger partial charge in [-0.25, -0.2) is 4.39 Å². The summed E-state index contributed by atoms with van der Waals surface area (Å²) in [5, 5.41) is 4.17. The van der Waals surface area contributed by atoms with Crippen molar-refractivity contribution in [3.63, 3.8) is 0 Å². The molecule has 2 heterocycles. The van der Waals surface area contributed by atoms with E-state index in [1.165, 1.54) is 12.1 Å². The largest absolute Gasteiger partial charge is 0.497 e. The number of methoxy groups -OCH3 is 1. The Kier molecular flexibility index (Phi) is 7.78. The summed E-state index contributed by atoms with van der Waals surface area (Å²) in [5.41, 5.74) is 5.14. The molecule has 2 aromatic heterocycles. The lowest BCUT2D eigenvalue weighted by atomic mass is 9.88. The molecule has 3 aromatic carbocycles. The van der Waals surface area contributed by atoms with E-state index >= 15 is 0 Å². The van der Waals surface area contributed by atoms with Crippen LogP contribution < -0.4 is 10.1 Å². The van der Waals surface area contributed by atoms with Crippen LogP contribution in [0.15, 0.2) is 103 Å². The van der Waals surface area contributed by atoms with E-state index in [0.717, 1.165) is 39.0 Å². The summed E-state index contributed by atoms with van der Waals surface area (Å²) >= 11 is 0. The topological polar surface area (TPSA) is 56.1 Å². The fraction of sp³-hybridized carbons (Fsp3) is 0.188. The van der Waals surface area contributed by atoms with Crippen LogP contribution in [0.5, 0.6) is 5.75 Å². The van der Waals surface area contributed by atoms with Gasteiger partial charge in [-0.15, -0.1) is 0 Å². The van der Waals surface area contributed by atoms with E-state index in [9.17, 15) is 9.18 Å². The highest BCUT2D eigenvalue weighted by Gasteiger charge is 2.23. The van der Waals surface area contributed by atoms with Gasteiger partial charge in [0.05, 0.1) is 7.11 Å². The van der Waals surface area contributed by atoms with Crippen LogP contribution in [0.4, 0.5) is 4.39 Å². The Bertz CT molecular complexity index is 1500. The van der Waals surface area contributed by atoms with Gasteiger partial charge in [0, 0.05) is 60.8 Å². The van der Waals surface area contributed by atoms with E-state index in [-0.39, 0.29) is 17.6 Å². The molecule has 0 bridgehead atoms. The maximum absolute atomic E-state index is 13.5. The molecular weight excluding hydrogens is 477 g/mol. The lowest BCUT2D eigenvalue weighted by molar-refractivity contribution is -0.121. The zero-order valence-corrected chi connectivity index (χ0v) is 21.3. The summed E-state index contributed by atoms with van der Waals surface area (Å²) in [6, 6.07) is 28.5. The van der Waals surface area contributed by atoms with Crippen LogP contribution in [0.3, 0.4) is 0 Å². The summed E-state index contributed by atoms with van der Waals surface area (Å²) in [4.78, 5) is 17.5. The van der Waals surface area contributed by atoms with Gasteiger partial charge in [-0.1, -0.05) is 48.5 Å². The first-order valence-electron chi connectivity index (χ1n) is 12.7. The number of nitrogens with one attached hydrogen (secondary N) is 1. The number of carbonyl (C=O) groups is 1. The average Bonchev–Trinajstić information content (AvgIpc) is 3.31. The quantitative estimate of drug-likeness (QED) is 0.248. The van der Waals surface area contributed by atoms with Crippen molar-refractivity contribution in [3.8, 4) is 5.75 Å². The van der Waals surface area contributed by atoms with Gasteiger partial charge in [-0.2, -0.15) is 0 Å². The van der Waals surface area contributed by atoms with Gasteiger partial charge in [-0.05, 0) is 59.2 Å². The number of halogens is 1. The number of nitrogens with zero attached hydrogens (tertiary/aromatic N) is 2. The van der Waals surface area contributed by atoms with Gasteiger partial charge < -0.3 is 14.6 Å². The minimum Gasteiger partial charge on any atom is -0.497 e. The van der Waals surface area contributed by atoms with E-state index in [2.05, 4.69) is 33.2 Å². The van der Waals surface area contributed by atoms with Crippen molar-refractivity contribution in [1.29, 1.82) is 0 Å². The summed E-state index contributed by atoms with van der Waals surface area (Å²) in [6.07, 6.45) is 4.87. The summed E-state index contributed by atoms with van der Waals surface area (Å²) in [7, 11) is 1.64. The van der Waals surface area contributed by atoms with Gasteiger partial charge in [0.1, 0.15) is 11.6 Å². The van der Waals surface area contributed by atoms with Crippen molar-refractivity contribution >= 4 is 16.8 Å². The second-order valence-electron chi connectivity index (χ2n) is 9.31. The molecular formula is C32H30FN3O2. The third kappa shape index (κ3) is 5.92. The van der Waals surface area contributed by atoms with Crippen LogP contribution in [0.25, 0.3) is 10.9 Å². The van der Waals surface area contributed by atoms with E-state index in [1.54, 1.807) is 25.4 Å². The molecule has 0 aliphatic heterocycles. The van der Waals surface area contributed by atoms with Gasteiger partial charge in [0.15, 0.2) is 0 Å². The number of rotatable bonds is 10. The lowest BCUT2D eigenvalue weighted by Gasteiger charge is -2.18. The van der Waals surface area contributed by atoms with Gasteiger partial charge in [-0.3, -0.25) is 9.78 Å². The summed E-state index contributed by atoms with van der Waals surface area (Å²) < 4.78 is 21.0. The van der Waals surface area contributed by atoms with Crippen molar-refractivity contribution in [3.05, 3.63) is 132 Å². The molecule has 0 spiro atoms. The van der Waals surface area contributed by atoms with Crippen LogP contribution in [0, 0.1) is 5.82 Å². The maximum Gasteiger partial charge on any atom is 0.220 e. The SMILES string of the molecule is COc1ccc([C@H](CC(=O)NCCc2ccccn2)c2cn(Cc3ccc(F)cc3)c3ccccc23)cc1. The van der Waals surface area contributed by atoms with Crippen molar-refractivity contribution < 1.29 is 13.9 Å². The number of amides is 1. The molecule has 1 N–H and O–H groups in total. The summed E-state index contributed by atoms with van der Waals surface area (Å²) in [6.45, 7) is 1.13. The van der Waals surface area contributed by atoms with E-state index < -0.39 is 0 Å². The minimum atomic E-state index is -0.250. The monoisotopic (exact) mass is 507 g/mol. The molecule has 0 aliphatic rings. The lowest BCUT2D eigenvalue weighted by Crippen LogP contribution is -2.27. The number of hydrogen-bond acceptors (Lipinski definition) is 3. The van der Waals surface area contributed by atoms with Crippen molar-refractivity contribution in [1.82, 2.24) is 14.9 Å². The van der Waals surface area contributed by atoms with E-state index in [1.807, 2.05) is 54.6 Å². The molecule has 0 radical (unpaired) electrons. The molecule has 38 heavy (non-hydrogen) atoms. The first kappa shape index (κ1) is 25.2. The molecule has 1 amide bonds. The third-order valence-corrected chi connectivity index (χ3v) is 6.80. The minimum absolute atomic E-state index is 0.0166. The molecule has 5 rings (SSSR count). The molecule has 0 fully saturated rings. The van der Waals surface area contributed by atoms with Gasteiger partial charge in [0.2, 0.25) is 5.91 Å². The van der Waals surface area contributed by atoms with Crippen molar-refractivity contribution in [2.45, 2.75) is 25.3 Å². The standard InChI is InChI=1S/C32H30FN3O2/c1-38-27-15-11-24(12-16-27)29(20-32(37)35-19-17-26-6-4-5-18-34-26)30-22-36(31-8-3-2-7-28(30)31)21-23-9-13-25(33)14-10-23/h2-16,18,22,29H,17,19-21H2,1H3,(H,35,37)/t29-/m0/s1. The van der Waals surface area contributed by atoms with Crippen LogP contribution in [0.2, 0.25) is 0 Å². The van der Waals surface area contributed by atoms with Gasteiger partial charge in [0.25, 0.3) is 0 Å². The molecule has 1 atom stereocenters. The molecule has 5 nitrogen and oxygen atoms in total. The van der Waals surface area contributed by atoms with E-state index in [4.69, 9.17) is 4.74 Å². The third-order valence-electron chi connectivity index (χ3n) is 6.80. The highest BCUT2D eigenvalue weighted by molar-refractivity contribution is 5.86. The van der Waals surface area contributed by atoms with Crippen LogP contribution in [0.1, 0.15) is 34.7 Å². The second-order valence-corrected chi connectivity index (χ2v) is 9.31.